The Morgan fingerprint density at radius 1 is 0.972 bits per heavy atom. The van der Waals surface area contributed by atoms with Crippen molar-refractivity contribution in [2.24, 2.45) is 13.0 Å². The first-order chi connectivity index (χ1) is 17.1. The van der Waals surface area contributed by atoms with E-state index in [0.29, 0.717) is 30.6 Å². The number of aryl methyl sites for hydroxylation is 1. The number of aliphatic hydroxyl groups excluding tert-OH is 1. The van der Waals surface area contributed by atoms with Crippen LogP contribution in [0.25, 0.3) is 11.3 Å². The van der Waals surface area contributed by atoms with Gasteiger partial charge in [-0.05, 0) is 51.0 Å². The molecule has 7 nitrogen and oxygen atoms in total. The number of ether oxygens (including phenoxy) is 3. The zero-order chi connectivity index (χ0) is 26.3. The highest BCUT2D eigenvalue weighted by atomic mass is 16.5. The smallest absolute Gasteiger partial charge is 0.222 e. The van der Waals surface area contributed by atoms with Gasteiger partial charge in [-0.1, -0.05) is 44.2 Å². The molecule has 36 heavy (non-hydrogen) atoms. The van der Waals surface area contributed by atoms with Crippen molar-refractivity contribution >= 4 is 0 Å². The number of hydrogen-bond acceptors (Lipinski definition) is 6. The molecule has 0 bridgehead atoms. The fraction of sp³-hybridized carbons (Fsp3) is 0.483. The minimum Gasteiger partial charge on any atom is -0.497 e. The standard InChI is InChI=1S/C29H41N3O4/c1-21(2)17-32(18-23(33)20-35-29(3,4)5)19-26-27(22-11-9-8-10-12-22)30-31(6)28(26)36-25-15-13-24(34-7)14-16-25/h8-16,21,23,33H,17-20H2,1-7H3. The van der Waals surface area contributed by atoms with E-state index in [4.69, 9.17) is 19.3 Å². The number of methoxy groups -OCH3 is 1. The first-order valence-corrected chi connectivity index (χ1v) is 12.5. The molecule has 0 aliphatic carbocycles. The third kappa shape index (κ3) is 8.08. The number of hydrogen-bond donors (Lipinski definition) is 1. The maximum absolute atomic E-state index is 10.8. The molecule has 3 aromatic rings. The molecule has 0 aliphatic rings. The molecule has 1 atom stereocenters. The summed E-state index contributed by atoms with van der Waals surface area (Å²) in [5.74, 6) is 2.57. The fourth-order valence-electron chi connectivity index (χ4n) is 4.05. The summed E-state index contributed by atoms with van der Waals surface area (Å²) in [6.07, 6.45) is -0.606. The zero-order valence-electron chi connectivity index (χ0n) is 22.7. The lowest BCUT2D eigenvalue weighted by Gasteiger charge is -2.28. The molecule has 2 aromatic carbocycles. The van der Waals surface area contributed by atoms with Gasteiger partial charge in [-0.25, -0.2) is 4.68 Å². The van der Waals surface area contributed by atoms with Crippen LogP contribution in [0.5, 0.6) is 17.4 Å². The zero-order valence-corrected chi connectivity index (χ0v) is 22.7. The molecule has 1 aromatic heterocycles. The molecule has 1 unspecified atom stereocenters. The van der Waals surface area contributed by atoms with Crippen LogP contribution in [0.2, 0.25) is 0 Å². The maximum Gasteiger partial charge on any atom is 0.222 e. The van der Waals surface area contributed by atoms with Gasteiger partial charge < -0.3 is 19.3 Å². The molecule has 3 rings (SSSR count). The first-order valence-electron chi connectivity index (χ1n) is 12.5. The van der Waals surface area contributed by atoms with Crippen LogP contribution in [-0.2, 0) is 18.3 Å². The molecule has 0 fully saturated rings. The Hall–Kier alpha value is -2.87. The molecule has 0 saturated heterocycles. The van der Waals surface area contributed by atoms with Crippen molar-refractivity contribution in [3.8, 4) is 28.6 Å². The van der Waals surface area contributed by atoms with E-state index in [-0.39, 0.29) is 12.2 Å². The van der Waals surface area contributed by atoms with Gasteiger partial charge in [0.25, 0.3) is 0 Å². The predicted octanol–water partition coefficient (Wildman–Crippen LogP) is 5.52. The number of benzene rings is 2. The highest BCUT2D eigenvalue weighted by Crippen LogP contribution is 2.34. The van der Waals surface area contributed by atoms with E-state index in [1.165, 1.54) is 0 Å². The van der Waals surface area contributed by atoms with Gasteiger partial charge in [-0.3, -0.25) is 4.90 Å². The fourth-order valence-corrected chi connectivity index (χ4v) is 4.05. The second-order valence-corrected chi connectivity index (χ2v) is 10.6. The summed E-state index contributed by atoms with van der Waals surface area (Å²) in [7, 11) is 3.54. The van der Waals surface area contributed by atoms with Gasteiger partial charge in [-0.15, -0.1) is 0 Å². The summed E-state index contributed by atoms with van der Waals surface area (Å²) in [5, 5.41) is 15.6. The maximum atomic E-state index is 10.8. The largest absolute Gasteiger partial charge is 0.497 e. The van der Waals surface area contributed by atoms with E-state index in [1.807, 2.05) is 70.3 Å². The van der Waals surface area contributed by atoms with E-state index < -0.39 is 6.10 Å². The van der Waals surface area contributed by atoms with Crippen LogP contribution in [0, 0.1) is 5.92 Å². The van der Waals surface area contributed by atoms with Crippen LogP contribution in [0.1, 0.15) is 40.2 Å². The SMILES string of the molecule is COc1ccc(Oc2c(CN(CC(C)C)CC(O)COC(C)(C)C)c(-c3ccccc3)nn2C)cc1. The van der Waals surface area contributed by atoms with Gasteiger partial charge in [0.2, 0.25) is 5.88 Å². The topological polar surface area (TPSA) is 69.0 Å². The molecular weight excluding hydrogens is 454 g/mol. The molecule has 0 aliphatic heterocycles. The van der Waals surface area contributed by atoms with E-state index in [2.05, 4.69) is 30.9 Å². The van der Waals surface area contributed by atoms with Crippen molar-refractivity contribution in [1.82, 2.24) is 14.7 Å². The van der Waals surface area contributed by atoms with Crippen LogP contribution in [-0.4, -0.2) is 58.3 Å². The van der Waals surface area contributed by atoms with Gasteiger partial charge in [0.1, 0.15) is 17.2 Å². The highest BCUT2D eigenvalue weighted by Gasteiger charge is 2.24. The van der Waals surface area contributed by atoms with Crippen molar-refractivity contribution < 1.29 is 19.3 Å². The molecule has 0 spiro atoms. The van der Waals surface area contributed by atoms with Crippen molar-refractivity contribution in [3.63, 3.8) is 0 Å². The Morgan fingerprint density at radius 3 is 2.19 bits per heavy atom. The third-order valence-electron chi connectivity index (χ3n) is 5.59. The van der Waals surface area contributed by atoms with E-state index in [9.17, 15) is 5.11 Å². The van der Waals surface area contributed by atoms with Crippen LogP contribution in [0.4, 0.5) is 0 Å². The quantitative estimate of drug-likeness (QED) is 0.357. The van der Waals surface area contributed by atoms with Gasteiger partial charge in [0, 0.05) is 32.2 Å². The second-order valence-electron chi connectivity index (χ2n) is 10.6. The lowest BCUT2D eigenvalue weighted by Crippen LogP contribution is -2.38. The van der Waals surface area contributed by atoms with Crippen molar-refractivity contribution in [1.29, 1.82) is 0 Å². The lowest BCUT2D eigenvalue weighted by molar-refractivity contribution is -0.0573. The average molecular weight is 496 g/mol. The third-order valence-corrected chi connectivity index (χ3v) is 5.59. The highest BCUT2D eigenvalue weighted by molar-refractivity contribution is 5.65. The van der Waals surface area contributed by atoms with E-state index in [0.717, 1.165) is 29.1 Å². The Kier molecular flexibility index (Phi) is 9.54. The summed E-state index contributed by atoms with van der Waals surface area (Å²) in [6.45, 7) is 12.5. The van der Waals surface area contributed by atoms with Gasteiger partial charge in [0.15, 0.2) is 0 Å². The Morgan fingerprint density at radius 2 is 1.61 bits per heavy atom. The molecule has 0 saturated carbocycles. The number of rotatable bonds is 12. The minimum absolute atomic E-state index is 0.284. The van der Waals surface area contributed by atoms with Crippen LogP contribution < -0.4 is 9.47 Å². The molecule has 7 heteroatoms. The average Bonchev–Trinajstić information content (AvgIpc) is 3.12. The lowest BCUT2D eigenvalue weighted by atomic mass is 10.1. The second kappa shape index (κ2) is 12.4. The Balaban J connectivity index is 1.94. The predicted molar refractivity (Wildman–Crippen MR) is 144 cm³/mol. The molecule has 1 heterocycles. The summed E-state index contributed by atoms with van der Waals surface area (Å²) in [5.41, 5.74) is 2.57. The summed E-state index contributed by atoms with van der Waals surface area (Å²) < 4.78 is 19.3. The van der Waals surface area contributed by atoms with E-state index >= 15 is 0 Å². The number of aliphatic hydroxyl groups is 1. The normalized spacial score (nSPS) is 12.8. The molecule has 1 N–H and O–H groups in total. The van der Waals surface area contributed by atoms with Gasteiger partial charge in [0.05, 0.1) is 31.0 Å². The number of aromatic nitrogens is 2. The van der Waals surface area contributed by atoms with Crippen LogP contribution >= 0.6 is 0 Å². The number of nitrogens with zero attached hydrogens (tertiary/aromatic N) is 3. The molecule has 196 valence electrons. The Bertz CT molecular complexity index is 1070. The molecular formula is C29H41N3O4. The van der Waals surface area contributed by atoms with Gasteiger partial charge in [-0.2, -0.15) is 5.10 Å². The first kappa shape index (κ1) is 27.7. The van der Waals surface area contributed by atoms with Crippen LogP contribution in [0.3, 0.4) is 0 Å². The molecule has 0 radical (unpaired) electrons. The minimum atomic E-state index is -0.606. The summed E-state index contributed by atoms with van der Waals surface area (Å²) in [4.78, 5) is 2.26. The Labute approximate surface area is 215 Å². The van der Waals surface area contributed by atoms with Crippen molar-refractivity contribution in [3.05, 3.63) is 60.2 Å². The van der Waals surface area contributed by atoms with Crippen LogP contribution in [0.15, 0.2) is 54.6 Å². The van der Waals surface area contributed by atoms with Crippen molar-refractivity contribution in [2.45, 2.75) is 52.9 Å². The van der Waals surface area contributed by atoms with Crippen molar-refractivity contribution in [2.75, 3.05) is 26.8 Å². The summed E-state index contributed by atoms with van der Waals surface area (Å²) in [6, 6.07) is 17.7. The van der Waals surface area contributed by atoms with E-state index in [1.54, 1.807) is 11.8 Å². The molecule has 0 amide bonds. The van der Waals surface area contributed by atoms with Gasteiger partial charge >= 0.3 is 0 Å². The monoisotopic (exact) mass is 495 g/mol. The summed E-state index contributed by atoms with van der Waals surface area (Å²) >= 11 is 0.